The lowest BCUT2D eigenvalue weighted by atomic mass is 10.2. The summed E-state index contributed by atoms with van der Waals surface area (Å²) in [5.41, 5.74) is 0.942. The van der Waals surface area contributed by atoms with Crippen LogP contribution < -0.4 is 20.1 Å². The minimum absolute atomic E-state index is 0.104. The molecule has 0 spiro atoms. The van der Waals surface area contributed by atoms with Crippen LogP contribution in [-0.4, -0.2) is 60.3 Å². The largest absolute Gasteiger partial charge is 0.497 e. The summed E-state index contributed by atoms with van der Waals surface area (Å²) in [5.74, 6) is 0.923. The molecular weight excluding hydrogens is 268 g/mol. The van der Waals surface area contributed by atoms with E-state index in [9.17, 15) is 0 Å². The van der Waals surface area contributed by atoms with Gasteiger partial charge in [-0.05, 0) is 0 Å². The molecule has 1 aromatic rings. The highest BCUT2D eigenvalue weighted by atomic mass is 16.5. The van der Waals surface area contributed by atoms with Crippen molar-refractivity contribution in [1.82, 2.24) is 0 Å². The highest BCUT2D eigenvalue weighted by Crippen LogP contribution is 2.37. The zero-order valence-electron chi connectivity index (χ0n) is 11.3. The van der Waals surface area contributed by atoms with Crippen molar-refractivity contribution in [3.63, 3.8) is 0 Å². The smallest absolute Gasteiger partial charge is 0.169 e. The molecule has 0 heterocycles. The first-order valence-electron chi connectivity index (χ1n) is 5.94. The van der Waals surface area contributed by atoms with Crippen molar-refractivity contribution in [3.8, 4) is 11.5 Å². The Kier molecular flexibility index (Phi) is 6.32. The Labute approximate surface area is 116 Å². The van der Waals surface area contributed by atoms with Gasteiger partial charge in [0.2, 0.25) is 0 Å². The molecule has 0 amide bonds. The van der Waals surface area contributed by atoms with Crippen molar-refractivity contribution in [1.29, 1.82) is 0 Å². The van der Waals surface area contributed by atoms with Crippen molar-refractivity contribution >= 4 is 11.4 Å². The van der Waals surface area contributed by atoms with Crippen LogP contribution in [0, 0.1) is 0 Å². The highest BCUT2D eigenvalue weighted by molar-refractivity contribution is 5.77. The SMILES string of the molecule is COc1cc(NCC(O)O)c(NCC(O)O)c(OC)c1. The van der Waals surface area contributed by atoms with Crippen LogP contribution in [0.25, 0.3) is 0 Å². The summed E-state index contributed by atoms with van der Waals surface area (Å²) in [4.78, 5) is 0. The fourth-order valence-electron chi connectivity index (χ4n) is 1.59. The van der Waals surface area contributed by atoms with Crippen LogP contribution in [0.4, 0.5) is 11.4 Å². The molecule has 8 heteroatoms. The monoisotopic (exact) mass is 288 g/mol. The zero-order valence-corrected chi connectivity index (χ0v) is 11.3. The summed E-state index contributed by atoms with van der Waals surface area (Å²) in [7, 11) is 2.95. The van der Waals surface area contributed by atoms with Crippen LogP contribution in [0.1, 0.15) is 0 Å². The molecule has 0 aliphatic rings. The van der Waals surface area contributed by atoms with Crippen LogP contribution in [0.2, 0.25) is 0 Å². The third-order valence-electron chi connectivity index (χ3n) is 2.47. The van der Waals surface area contributed by atoms with E-state index in [1.807, 2.05) is 0 Å². The molecule has 8 nitrogen and oxygen atoms in total. The molecular formula is C12H20N2O6. The number of nitrogens with one attached hydrogen (secondary N) is 2. The molecule has 0 aromatic heterocycles. The second-order valence-corrected chi connectivity index (χ2v) is 3.98. The Morgan fingerprint density at radius 1 is 0.950 bits per heavy atom. The van der Waals surface area contributed by atoms with Gasteiger partial charge in [0.15, 0.2) is 12.6 Å². The maximum absolute atomic E-state index is 8.91. The fourth-order valence-corrected chi connectivity index (χ4v) is 1.59. The summed E-state index contributed by atoms with van der Waals surface area (Å²) in [6, 6.07) is 3.24. The first-order chi connectivity index (χ1) is 9.47. The minimum atomic E-state index is -1.53. The molecule has 0 radical (unpaired) electrons. The molecule has 0 unspecified atom stereocenters. The van der Waals surface area contributed by atoms with Gasteiger partial charge in [0, 0.05) is 12.1 Å². The highest BCUT2D eigenvalue weighted by Gasteiger charge is 2.13. The maximum Gasteiger partial charge on any atom is 0.169 e. The number of methoxy groups -OCH3 is 2. The lowest BCUT2D eigenvalue weighted by molar-refractivity contribution is -0.0285. The van der Waals surface area contributed by atoms with Crippen molar-refractivity contribution < 1.29 is 29.9 Å². The molecule has 0 bridgehead atoms. The number of anilines is 2. The molecule has 0 aliphatic heterocycles. The number of aliphatic hydroxyl groups excluding tert-OH is 2. The quantitative estimate of drug-likeness (QED) is 0.342. The number of rotatable bonds is 8. The van der Waals surface area contributed by atoms with Gasteiger partial charge in [0.25, 0.3) is 0 Å². The van der Waals surface area contributed by atoms with E-state index in [4.69, 9.17) is 29.9 Å². The zero-order chi connectivity index (χ0) is 15.1. The Morgan fingerprint density at radius 3 is 2.05 bits per heavy atom. The van der Waals surface area contributed by atoms with Crippen molar-refractivity contribution in [2.24, 2.45) is 0 Å². The summed E-state index contributed by atoms with van der Waals surface area (Å²) >= 11 is 0. The summed E-state index contributed by atoms with van der Waals surface area (Å²) in [6.45, 7) is -0.217. The number of aliphatic hydroxyl groups is 4. The average molecular weight is 288 g/mol. The fraction of sp³-hybridized carbons (Fsp3) is 0.500. The Hall–Kier alpha value is -1.74. The number of benzene rings is 1. The van der Waals surface area contributed by atoms with E-state index in [0.717, 1.165) is 0 Å². The van der Waals surface area contributed by atoms with Gasteiger partial charge >= 0.3 is 0 Å². The standard InChI is InChI=1S/C12H20N2O6/c1-19-7-3-8(13-5-10(15)16)12(9(4-7)20-2)14-6-11(17)18/h3-4,10-11,13-18H,5-6H2,1-2H3. The first kappa shape index (κ1) is 16.3. The predicted molar refractivity (Wildman–Crippen MR) is 73.0 cm³/mol. The molecule has 0 saturated heterocycles. The molecule has 0 fully saturated rings. The van der Waals surface area contributed by atoms with Gasteiger partial charge in [-0.3, -0.25) is 0 Å². The average Bonchev–Trinajstić information content (AvgIpc) is 2.42. The van der Waals surface area contributed by atoms with Gasteiger partial charge in [0.1, 0.15) is 17.2 Å². The van der Waals surface area contributed by atoms with E-state index >= 15 is 0 Å². The van der Waals surface area contributed by atoms with Crippen molar-refractivity contribution in [2.75, 3.05) is 37.9 Å². The van der Waals surface area contributed by atoms with E-state index in [1.54, 1.807) is 12.1 Å². The van der Waals surface area contributed by atoms with Gasteiger partial charge in [-0.2, -0.15) is 0 Å². The van der Waals surface area contributed by atoms with Crippen LogP contribution in [0.5, 0.6) is 11.5 Å². The second-order valence-electron chi connectivity index (χ2n) is 3.98. The topological polar surface area (TPSA) is 123 Å². The summed E-state index contributed by atoms with van der Waals surface area (Å²) < 4.78 is 10.3. The van der Waals surface area contributed by atoms with Crippen LogP contribution >= 0.6 is 0 Å². The molecule has 0 aliphatic carbocycles. The number of hydrogen-bond acceptors (Lipinski definition) is 8. The van der Waals surface area contributed by atoms with Crippen LogP contribution in [0.15, 0.2) is 12.1 Å². The summed E-state index contributed by atoms with van der Waals surface area (Å²) in [5, 5.41) is 41.2. The van der Waals surface area contributed by atoms with E-state index < -0.39 is 12.6 Å². The third-order valence-corrected chi connectivity index (χ3v) is 2.47. The van der Waals surface area contributed by atoms with E-state index in [1.165, 1.54) is 14.2 Å². The molecule has 114 valence electrons. The van der Waals surface area contributed by atoms with Gasteiger partial charge in [-0.1, -0.05) is 0 Å². The van der Waals surface area contributed by atoms with Crippen LogP contribution in [-0.2, 0) is 0 Å². The van der Waals surface area contributed by atoms with E-state index in [0.29, 0.717) is 22.9 Å². The maximum atomic E-state index is 8.91. The normalized spacial score (nSPS) is 10.8. The Morgan fingerprint density at radius 2 is 1.55 bits per heavy atom. The number of hydrogen-bond donors (Lipinski definition) is 6. The van der Waals surface area contributed by atoms with Crippen LogP contribution in [0.3, 0.4) is 0 Å². The van der Waals surface area contributed by atoms with E-state index in [-0.39, 0.29) is 13.1 Å². The van der Waals surface area contributed by atoms with Gasteiger partial charge in [0.05, 0.1) is 33.0 Å². The molecule has 1 rings (SSSR count). The lowest BCUT2D eigenvalue weighted by Gasteiger charge is -2.19. The lowest BCUT2D eigenvalue weighted by Crippen LogP contribution is -2.22. The Bertz CT molecular complexity index is 425. The predicted octanol–water partition coefficient (Wildman–Crippen LogP) is -0.851. The second kappa shape index (κ2) is 7.75. The summed E-state index contributed by atoms with van der Waals surface area (Å²) in [6.07, 6.45) is -3.05. The van der Waals surface area contributed by atoms with E-state index in [2.05, 4.69) is 10.6 Å². The molecule has 0 saturated carbocycles. The van der Waals surface area contributed by atoms with Gasteiger partial charge in [-0.25, -0.2) is 0 Å². The minimum Gasteiger partial charge on any atom is -0.497 e. The number of ether oxygens (including phenoxy) is 2. The Balaban J connectivity index is 3.05. The van der Waals surface area contributed by atoms with Gasteiger partial charge < -0.3 is 40.5 Å². The molecule has 0 atom stereocenters. The van der Waals surface area contributed by atoms with Crippen molar-refractivity contribution in [3.05, 3.63) is 12.1 Å². The third kappa shape index (κ3) is 4.74. The molecule has 20 heavy (non-hydrogen) atoms. The molecule has 6 N–H and O–H groups in total. The van der Waals surface area contributed by atoms with Gasteiger partial charge in [-0.15, -0.1) is 0 Å². The first-order valence-corrected chi connectivity index (χ1v) is 5.94. The van der Waals surface area contributed by atoms with Crippen molar-refractivity contribution in [2.45, 2.75) is 12.6 Å². The molecule has 1 aromatic carbocycles.